The summed E-state index contributed by atoms with van der Waals surface area (Å²) in [5, 5.41) is 56.3. The van der Waals surface area contributed by atoms with Crippen molar-refractivity contribution in [3.8, 4) is 0 Å². The number of nitrogens with two attached hydrogens (primary N) is 9. The van der Waals surface area contributed by atoms with Crippen molar-refractivity contribution in [2.75, 3.05) is 59.5 Å². The van der Waals surface area contributed by atoms with Crippen LogP contribution in [-0.2, 0) is 97.5 Å². The Bertz CT molecular complexity index is 4340. The fourth-order valence-corrected chi connectivity index (χ4v) is 16.4. The number of unbranched alkanes of at least 4 members (excludes halogenated alkanes) is 6. The molecule has 2 aliphatic rings. The molecule has 1 heterocycles. The van der Waals surface area contributed by atoms with Gasteiger partial charge in [0.1, 0.15) is 96.2 Å². The highest BCUT2D eigenvalue weighted by Crippen LogP contribution is 2.48. The topological polar surface area (TPSA) is 788 Å². The average molecular weight is 2070 g/mol. The first-order valence-corrected chi connectivity index (χ1v) is 51.6. The molecule has 1 saturated heterocycles. The maximum Gasteiger partial charge on any atom is 0.329 e. The third-order valence-electron chi connectivity index (χ3n) is 26.7. The Balaban J connectivity index is 2.06. The largest absolute Gasteiger partial charge is 0.458 e. The number of hydrogen-bond acceptors (Lipinski definition) is 28. The monoisotopic (exact) mass is 2070 g/mol. The molecule has 0 radical (unpaired) electrons. The van der Waals surface area contributed by atoms with E-state index in [1.807, 2.05) is 18.2 Å². The summed E-state index contributed by atoms with van der Waals surface area (Å²) in [5.74, 6) is -20.2. The Labute approximate surface area is 855 Å². The number of aliphatic hydroxyl groups excluding tert-OH is 1. The SMILES string of the molecule is CC[C@H](C)[C@H](NC(=O)[C@@H](Cc1ccccc1)NC)C(=O)N[C@@H](CCCCNC(=O)[C@H](CCCCN)NC(=O)[C@H](CCCCN)NC(=O)[C@H](CCCCN)NC(=O)[C@H](CCCCN)NC(=O)[C@H](CCCCN)NC(=O)[C@@H](N)CCCN=C(N)N)C(=O)N[C@H](CCC(N)=O)C(=O)N[C@@H](C(=O)N[C@H](C(=O)N[C@@H](CO)C(=O)N[C@H]1C(=O)N[C@@H](C)C(=O)NC2(CC2CC(F)F)C(=O)N[C@@H]([C@@H](C)CC)C(=O)O[C@H]1C)[C@@H](C)CC)[C@@H](C)CC. The molecule has 1 aliphatic carbocycles. The number of alkyl halides is 2. The van der Waals surface area contributed by atoms with Gasteiger partial charge in [-0.05, 0) is 236 Å². The predicted octanol–water partition coefficient (Wildman–Crippen LogP) is -4.15. The van der Waals surface area contributed by atoms with Crippen molar-refractivity contribution >= 4 is 112 Å². The van der Waals surface area contributed by atoms with Gasteiger partial charge in [0, 0.05) is 25.9 Å². The fraction of sp³-hybridized carbons (Fsp3) is 0.742. The second-order valence-corrected chi connectivity index (χ2v) is 38.3. The van der Waals surface area contributed by atoms with Crippen molar-refractivity contribution in [1.29, 1.82) is 0 Å². The van der Waals surface area contributed by atoms with Gasteiger partial charge in [0.05, 0.1) is 18.7 Å². The number of hydrogen-bond donors (Lipinski definition) is 27. The zero-order valence-corrected chi connectivity index (χ0v) is 86.9. The Morgan fingerprint density at radius 2 is 0.849 bits per heavy atom. The lowest BCUT2D eigenvalue weighted by Gasteiger charge is -2.31. The molecule has 49 heteroatoms. The number of benzene rings is 1. The van der Waals surface area contributed by atoms with Gasteiger partial charge < -0.3 is 152 Å². The summed E-state index contributed by atoms with van der Waals surface area (Å²) in [6, 6.07) is -13.7. The number of aliphatic imine (C=N–C) groups is 1. The molecule has 146 heavy (non-hydrogen) atoms. The molecule has 17 amide bonds. The number of likely N-dealkylation sites (N-methyl/N-ethyl adjacent to an activating group) is 1. The van der Waals surface area contributed by atoms with E-state index in [9.17, 15) is 90.6 Å². The maximum absolute atomic E-state index is 15.3. The fourth-order valence-electron chi connectivity index (χ4n) is 16.4. The van der Waals surface area contributed by atoms with Crippen LogP contribution in [0.2, 0.25) is 0 Å². The standard InChI is InChI=1S/C97H171F2N27O20/c1-12-54(5)74(122-88(138)70(109-11)50-60-32-17-16-18-33-60)90(140)119-68(40-24-30-48-110-81(131)63(35-19-25-43-100)114-83(133)65(37-21-27-45-102)116-85(135)67(39-23-29-47-104)117-84(134)66(38-22-28-46-103)115-82(132)64(36-20-26-44-101)113-80(130)62(105)34-31-49-111-96(107)108)86(136)118-69(41-42-73(106)128)87(137)121-76(56(7)14-3)92(142)123-75(55(6)13-2)91(141)120-71(53-127)89(139)124-78-59(10)146-94(144)77(57(8)15-4)125-95(145)97(52-61(97)51-72(98)99)126-79(129)58(9)112-93(78)143/h16-18,32-33,54-59,61-72,74-78,109,127H,12-15,19-31,34-53,100-105H2,1-11H3,(H2,106,128)(H,110,131)(H,112,143)(H,113,130)(H,114,133)(H,115,132)(H,116,135)(H,117,134)(H,118,136)(H,119,140)(H,120,141)(H,121,137)(H,122,138)(H,123,142)(H,124,139)(H,125,145)(H,126,129)(H4,107,108,111)/t54-,55-,56-,57-,58-,59-,61?,62-,63-,64-,65-,66-,67-,68-,69+,70+,71-,74-,75-,76+,77-,78+,97?/m0/s1. The molecule has 0 bridgehead atoms. The van der Waals surface area contributed by atoms with E-state index in [2.05, 4.69) is 95.4 Å². The zero-order chi connectivity index (χ0) is 109. The molecular weight excluding hydrogens is 1900 g/mol. The van der Waals surface area contributed by atoms with E-state index in [1.54, 1.807) is 74.6 Å². The number of primary amides is 1. The van der Waals surface area contributed by atoms with Crippen LogP contribution in [0.1, 0.15) is 255 Å². The minimum atomic E-state index is -2.87. The van der Waals surface area contributed by atoms with Crippen molar-refractivity contribution in [3.05, 3.63) is 35.9 Å². The third kappa shape index (κ3) is 45.1. The van der Waals surface area contributed by atoms with Crippen LogP contribution >= 0.6 is 0 Å². The molecular formula is C97H171F2N27O20. The minimum absolute atomic E-state index is 0.0118. The summed E-state index contributed by atoms with van der Waals surface area (Å²) in [6.07, 6.45) is -0.786. The van der Waals surface area contributed by atoms with Crippen molar-refractivity contribution < 1.29 is 105 Å². The Kier molecular flexibility index (Phi) is 60.7. The van der Waals surface area contributed by atoms with Crippen LogP contribution in [0.25, 0.3) is 0 Å². The number of nitrogens with one attached hydrogen (secondary N) is 17. The zero-order valence-electron chi connectivity index (χ0n) is 86.9. The first kappa shape index (κ1) is 129. The first-order chi connectivity index (χ1) is 69.3. The van der Waals surface area contributed by atoms with Gasteiger partial charge in [-0.25, -0.2) is 13.6 Å². The molecule has 47 nitrogen and oxygen atoms in total. The van der Waals surface area contributed by atoms with Gasteiger partial charge >= 0.3 is 5.97 Å². The molecule has 3 rings (SSSR count). The van der Waals surface area contributed by atoms with E-state index >= 15 is 9.59 Å². The van der Waals surface area contributed by atoms with E-state index in [0.717, 1.165) is 5.56 Å². The van der Waals surface area contributed by atoms with E-state index in [0.29, 0.717) is 83.6 Å². The molecule has 1 aromatic carbocycles. The summed E-state index contributed by atoms with van der Waals surface area (Å²) in [6.45, 7) is 15.8. The number of carbonyl (C=O) groups is 18. The van der Waals surface area contributed by atoms with Crippen molar-refractivity contribution in [2.24, 2.45) is 86.2 Å². The van der Waals surface area contributed by atoms with Gasteiger partial charge in [-0.2, -0.15) is 0 Å². The van der Waals surface area contributed by atoms with Crippen molar-refractivity contribution in [2.45, 2.75) is 370 Å². The molecule has 0 aromatic heterocycles. The predicted molar refractivity (Wildman–Crippen MR) is 543 cm³/mol. The number of ether oxygens (including phenoxy) is 1. The van der Waals surface area contributed by atoms with E-state index in [-0.39, 0.29) is 135 Å². The lowest BCUT2D eigenvalue weighted by molar-refractivity contribution is -0.157. The first-order valence-electron chi connectivity index (χ1n) is 51.6. The normalized spacial score (nSPS) is 19.8. The number of halogens is 2. The second-order valence-electron chi connectivity index (χ2n) is 38.3. The van der Waals surface area contributed by atoms with Gasteiger partial charge in [0.15, 0.2) is 5.96 Å². The Morgan fingerprint density at radius 1 is 0.466 bits per heavy atom. The molecule has 2 fully saturated rings. The van der Waals surface area contributed by atoms with E-state index in [1.165, 1.54) is 13.8 Å². The average Bonchev–Trinajstić information content (AvgIpc) is 1.57. The number of carbonyl (C=O) groups excluding carboxylic acids is 18. The highest BCUT2D eigenvalue weighted by molar-refractivity contribution is 6.02. The van der Waals surface area contributed by atoms with Crippen LogP contribution in [0.3, 0.4) is 0 Å². The summed E-state index contributed by atoms with van der Waals surface area (Å²) in [7, 11) is 1.57. The molecule has 1 aliphatic heterocycles. The number of rotatable bonds is 71. The van der Waals surface area contributed by atoms with Gasteiger partial charge in [-0.1, -0.05) is 111 Å². The van der Waals surface area contributed by atoms with Crippen LogP contribution in [0.15, 0.2) is 35.3 Å². The number of amides is 17. The van der Waals surface area contributed by atoms with E-state index < -0.39 is 277 Å². The minimum Gasteiger partial charge on any atom is -0.458 e. The van der Waals surface area contributed by atoms with Crippen LogP contribution in [0.5, 0.6) is 0 Å². The number of nitrogens with zero attached hydrogens (tertiary/aromatic N) is 1. The van der Waals surface area contributed by atoms with Gasteiger partial charge in [0.2, 0.25) is 107 Å². The van der Waals surface area contributed by atoms with Crippen LogP contribution in [0.4, 0.5) is 8.78 Å². The second kappa shape index (κ2) is 68.8. The van der Waals surface area contributed by atoms with Gasteiger partial charge in [-0.3, -0.25) is 86.5 Å². The maximum atomic E-state index is 15.3. The summed E-state index contributed by atoms with van der Waals surface area (Å²) < 4.78 is 33.2. The Hall–Kier alpha value is -11.5. The van der Waals surface area contributed by atoms with Gasteiger partial charge in [0.25, 0.3) is 0 Å². The quantitative estimate of drug-likeness (QED) is 0.0127. The van der Waals surface area contributed by atoms with Crippen molar-refractivity contribution in [3.63, 3.8) is 0 Å². The smallest absolute Gasteiger partial charge is 0.329 e. The molecule has 36 N–H and O–H groups in total. The number of aliphatic hydroxyl groups is 1. The third-order valence-corrected chi connectivity index (χ3v) is 26.7. The molecule has 1 spiro atoms. The van der Waals surface area contributed by atoms with Crippen molar-refractivity contribution in [1.82, 2.24) is 90.4 Å². The molecule has 1 aromatic rings. The molecule has 2 unspecified atom stereocenters. The summed E-state index contributed by atoms with van der Waals surface area (Å²) in [4.78, 5) is 262. The highest BCUT2D eigenvalue weighted by Gasteiger charge is 2.63. The molecule has 1 saturated carbocycles. The highest BCUT2D eigenvalue weighted by atomic mass is 19.3. The van der Waals surface area contributed by atoms with Crippen LogP contribution in [0, 0.1) is 29.6 Å². The lowest BCUT2D eigenvalue weighted by Crippen LogP contribution is -2.63. The molecule has 23 atom stereocenters. The number of esters is 1. The number of cyclic esters (lactones) is 1. The molecule has 828 valence electrons. The summed E-state index contributed by atoms with van der Waals surface area (Å²) >= 11 is 0. The van der Waals surface area contributed by atoms with Crippen LogP contribution < -0.4 is 142 Å². The van der Waals surface area contributed by atoms with Crippen LogP contribution in [-0.4, -0.2) is 292 Å². The Morgan fingerprint density at radius 3 is 1.25 bits per heavy atom. The van der Waals surface area contributed by atoms with E-state index in [4.69, 9.17) is 56.3 Å². The summed E-state index contributed by atoms with van der Waals surface area (Å²) in [5.41, 5.74) is 51.1. The lowest BCUT2D eigenvalue weighted by atomic mass is 9.94. The number of guanidine groups is 1. The van der Waals surface area contributed by atoms with Gasteiger partial charge in [-0.15, -0.1) is 0 Å².